The summed E-state index contributed by atoms with van der Waals surface area (Å²) in [4.78, 5) is 4.58. The monoisotopic (exact) mass is 235 g/mol. The Morgan fingerprint density at radius 2 is 1.56 bits per heavy atom. The minimum Gasteiger partial charge on any atom is -0.256 e. The highest BCUT2D eigenvalue weighted by Gasteiger charge is 2.18. The smallest absolute Gasteiger partial charge is 0.0783 e. The van der Waals surface area contributed by atoms with Crippen molar-refractivity contribution in [3.8, 4) is 0 Å². The number of rotatable bonds is 0. The van der Waals surface area contributed by atoms with Crippen molar-refractivity contribution in [2.75, 3.05) is 0 Å². The molecule has 0 spiro atoms. The fourth-order valence-corrected chi connectivity index (χ4v) is 2.54. The maximum absolute atomic E-state index is 4.58. The molecule has 1 heteroatoms. The molecule has 1 nitrogen and oxygen atoms in total. The normalized spacial score (nSPS) is 12.2. The lowest BCUT2D eigenvalue weighted by Crippen LogP contribution is -2.11. The molecule has 2 aromatic carbocycles. The van der Waals surface area contributed by atoms with Crippen molar-refractivity contribution in [2.45, 2.75) is 26.2 Å². The molecule has 0 bridgehead atoms. The maximum Gasteiger partial charge on any atom is 0.0783 e. The van der Waals surface area contributed by atoms with Gasteiger partial charge in [0.1, 0.15) is 0 Å². The highest BCUT2D eigenvalue weighted by atomic mass is 14.6. The highest BCUT2D eigenvalue weighted by molar-refractivity contribution is 6.07. The third-order valence-electron chi connectivity index (χ3n) is 3.42. The van der Waals surface area contributed by atoms with Gasteiger partial charge in [-0.05, 0) is 22.4 Å². The molecule has 3 rings (SSSR count). The van der Waals surface area contributed by atoms with Crippen molar-refractivity contribution in [1.82, 2.24) is 4.98 Å². The summed E-state index contributed by atoms with van der Waals surface area (Å²) in [6, 6.07) is 15.0. The van der Waals surface area contributed by atoms with E-state index in [9.17, 15) is 0 Å². The standard InChI is InChI=1S/C17H17N/c1-17(2,3)14-8-4-6-12-9-10-13-7-5-11-18-16(13)15(12)14/h4-11H,1-3H3. The van der Waals surface area contributed by atoms with Crippen molar-refractivity contribution in [2.24, 2.45) is 0 Å². The van der Waals surface area contributed by atoms with E-state index in [1.54, 1.807) is 0 Å². The Labute approximate surface area is 107 Å². The Morgan fingerprint density at radius 3 is 2.33 bits per heavy atom. The molecule has 0 saturated carbocycles. The summed E-state index contributed by atoms with van der Waals surface area (Å²) in [5, 5.41) is 3.78. The third kappa shape index (κ3) is 1.67. The van der Waals surface area contributed by atoms with E-state index in [4.69, 9.17) is 0 Å². The van der Waals surface area contributed by atoms with Crippen LogP contribution < -0.4 is 0 Å². The number of hydrogen-bond acceptors (Lipinski definition) is 1. The van der Waals surface area contributed by atoms with Gasteiger partial charge in [-0.1, -0.05) is 57.2 Å². The Morgan fingerprint density at radius 1 is 0.833 bits per heavy atom. The fourth-order valence-electron chi connectivity index (χ4n) is 2.54. The highest BCUT2D eigenvalue weighted by Crippen LogP contribution is 2.33. The zero-order valence-electron chi connectivity index (χ0n) is 11.1. The largest absolute Gasteiger partial charge is 0.256 e. The molecule has 0 radical (unpaired) electrons. The van der Waals surface area contributed by atoms with Gasteiger partial charge in [-0.3, -0.25) is 4.98 Å². The first kappa shape index (κ1) is 11.2. The second-order valence-corrected chi connectivity index (χ2v) is 5.79. The van der Waals surface area contributed by atoms with E-state index in [-0.39, 0.29) is 5.41 Å². The molecule has 0 unspecified atom stereocenters. The summed E-state index contributed by atoms with van der Waals surface area (Å²) in [7, 11) is 0. The molecule has 0 saturated heterocycles. The van der Waals surface area contributed by atoms with E-state index in [1.165, 1.54) is 21.7 Å². The first-order valence-corrected chi connectivity index (χ1v) is 6.34. The van der Waals surface area contributed by atoms with Crippen LogP contribution in [0.3, 0.4) is 0 Å². The van der Waals surface area contributed by atoms with Crippen LogP contribution in [-0.2, 0) is 5.41 Å². The summed E-state index contributed by atoms with van der Waals surface area (Å²) in [5.41, 5.74) is 2.61. The number of aromatic nitrogens is 1. The number of nitrogens with zero attached hydrogens (tertiary/aromatic N) is 1. The van der Waals surface area contributed by atoms with Crippen LogP contribution in [0.15, 0.2) is 48.7 Å². The van der Waals surface area contributed by atoms with Crippen LogP contribution in [-0.4, -0.2) is 4.98 Å². The second-order valence-electron chi connectivity index (χ2n) is 5.79. The summed E-state index contributed by atoms with van der Waals surface area (Å²) in [6.07, 6.45) is 1.88. The lowest BCUT2D eigenvalue weighted by atomic mass is 9.83. The molecule has 0 atom stereocenters. The van der Waals surface area contributed by atoms with Crippen LogP contribution in [0.25, 0.3) is 21.7 Å². The lowest BCUT2D eigenvalue weighted by Gasteiger charge is -2.22. The minimum absolute atomic E-state index is 0.130. The Bertz CT molecular complexity index is 720. The first-order chi connectivity index (χ1) is 8.57. The molecule has 0 N–H and O–H groups in total. The first-order valence-electron chi connectivity index (χ1n) is 6.34. The molecule has 90 valence electrons. The molecular formula is C17H17N. The van der Waals surface area contributed by atoms with E-state index in [0.29, 0.717) is 0 Å². The van der Waals surface area contributed by atoms with Gasteiger partial charge >= 0.3 is 0 Å². The van der Waals surface area contributed by atoms with Gasteiger partial charge in [-0.15, -0.1) is 0 Å². The van der Waals surface area contributed by atoms with Crippen LogP contribution >= 0.6 is 0 Å². The van der Waals surface area contributed by atoms with E-state index < -0.39 is 0 Å². The Kier molecular flexibility index (Phi) is 2.37. The fraction of sp³-hybridized carbons (Fsp3) is 0.235. The van der Waals surface area contributed by atoms with Gasteiger partial charge in [0.25, 0.3) is 0 Å². The van der Waals surface area contributed by atoms with E-state index in [1.807, 2.05) is 12.3 Å². The van der Waals surface area contributed by atoms with Crippen molar-refractivity contribution in [1.29, 1.82) is 0 Å². The van der Waals surface area contributed by atoms with Gasteiger partial charge < -0.3 is 0 Å². The second kappa shape index (κ2) is 3.81. The van der Waals surface area contributed by atoms with E-state index >= 15 is 0 Å². The van der Waals surface area contributed by atoms with Crippen LogP contribution in [0, 0.1) is 0 Å². The maximum atomic E-state index is 4.58. The average Bonchev–Trinajstić information content (AvgIpc) is 2.36. The number of benzene rings is 2. The van der Waals surface area contributed by atoms with Gasteiger partial charge in [-0.25, -0.2) is 0 Å². The van der Waals surface area contributed by atoms with Crippen molar-refractivity contribution in [3.05, 3.63) is 54.2 Å². The van der Waals surface area contributed by atoms with Gasteiger partial charge in [0, 0.05) is 17.0 Å². The van der Waals surface area contributed by atoms with Crippen LogP contribution in [0.5, 0.6) is 0 Å². The van der Waals surface area contributed by atoms with Crippen molar-refractivity contribution < 1.29 is 0 Å². The molecule has 0 aliphatic carbocycles. The number of hydrogen-bond donors (Lipinski definition) is 0. The molecule has 3 aromatic rings. The molecule has 1 aromatic heterocycles. The molecule has 0 aliphatic rings. The molecule has 0 fully saturated rings. The summed E-state index contributed by atoms with van der Waals surface area (Å²) in [6.45, 7) is 6.76. The van der Waals surface area contributed by atoms with Crippen molar-refractivity contribution >= 4 is 21.7 Å². The zero-order valence-corrected chi connectivity index (χ0v) is 11.1. The van der Waals surface area contributed by atoms with E-state index in [0.717, 1.165) is 5.52 Å². The molecule has 1 heterocycles. The number of pyridine rings is 1. The molecular weight excluding hydrogens is 218 g/mol. The summed E-state index contributed by atoms with van der Waals surface area (Å²) < 4.78 is 0. The van der Waals surface area contributed by atoms with Crippen LogP contribution in [0.1, 0.15) is 26.3 Å². The quantitative estimate of drug-likeness (QED) is 0.515. The lowest BCUT2D eigenvalue weighted by molar-refractivity contribution is 0.596. The van der Waals surface area contributed by atoms with E-state index in [2.05, 4.69) is 62.2 Å². The van der Waals surface area contributed by atoms with Gasteiger partial charge in [0.05, 0.1) is 5.52 Å². The summed E-state index contributed by atoms with van der Waals surface area (Å²) >= 11 is 0. The zero-order chi connectivity index (χ0) is 12.8. The average molecular weight is 235 g/mol. The predicted octanol–water partition coefficient (Wildman–Crippen LogP) is 4.69. The van der Waals surface area contributed by atoms with Gasteiger partial charge in [-0.2, -0.15) is 0 Å². The topological polar surface area (TPSA) is 12.9 Å². The van der Waals surface area contributed by atoms with Crippen molar-refractivity contribution in [3.63, 3.8) is 0 Å². The SMILES string of the molecule is CC(C)(C)c1cccc2ccc3cccnc3c12. The Balaban J connectivity index is 2.55. The predicted molar refractivity (Wildman–Crippen MR) is 77.9 cm³/mol. The third-order valence-corrected chi connectivity index (χ3v) is 3.42. The minimum atomic E-state index is 0.130. The van der Waals surface area contributed by atoms with Gasteiger partial charge in [0.2, 0.25) is 0 Å². The van der Waals surface area contributed by atoms with Crippen LogP contribution in [0.4, 0.5) is 0 Å². The van der Waals surface area contributed by atoms with Crippen LogP contribution in [0.2, 0.25) is 0 Å². The van der Waals surface area contributed by atoms with Gasteiger partial charge in [0.15, 0.2) is 0 Å². The Hall–Kier alpha value is -1.89. The molecule has 18 heavy (non-hydrogen) atoms. The molecule has 0 amide bonds. The summed E-state index contributed by atoms with van der Waals surface area (Å²) in [5.74, 6) is 0. The molecule has 0 aliphatic heterocycles. The number of fused-ring (bicyclic) bond motifs is 3.